The molecular formula is C24H31N5O2. The molecule has 0 spiro atoms. The van der Waals surface area contributed by atoms with Crippen LogP contribution in [0.4, 0.5) is 17.3 Å². The Morgan fingerprint density at radius 3 is 2.65 bits per heavy atom. The molecule has 164 valence electrons. The first-order valence-electron chi connectivity index (χ1n) is 11.4. The zero-order valence-corrected chi connectivity index (χ0v) is 18.5. The second-order valence-corrected chi connectivity index (χ2v) is 9.06. The number of nitrogens with one attached hydrogen (secondary N) is 1. The second kappa shape index (κ2) is 8.11. The van der Waals surface area contributed by atoms with E-state index in [0.717, 1.165) is 43.2 Å². The van der Waals surface area contributed by atoms with E-state index in [1.165, 1.54) is 18.5 Å². The van der Waals surface area contributed by atoms with Crippen molar-refractivity contribution in [2.75, 3.05) is 41.4 Å². The average Bonchev–Trinajstić information content (AvgIpc) is 3.60. The molecule has 7 heteroatoms. The number of carbonyl (C=O) groups excluding carboxylic acids is 1. The Labute approximate surface area is 183 Å². The van der Waals surface area contributed by atoms with Crippen LogP contribution >= 0.6 is 0 Å². The number of fused-ring (bicyclic) bond motifs is 1. The quantitative estimate of drug-likeness (QED) is 0.814. The predicted octanol–water partition coefficient (Wildman–Crippen LogP) is 3.56. The Bertz CT molecular complexity index is 970. The number of anilines is 3. The number of amides is 1. The van der Waals surface area contributed by atoms with Crippen molar-refractivity contribution in [1.29, 1.82) is 0 Å². The zero-order valence-electron chi connectivity index (χ0n) is 18.5. The van der Waals surface area contributed by atoms with Gasteiger partial charge in [-0.15, -0.1) is 0 Å². The molecular weight excluding hydrogens is 390 g/mol. The molecule has 1 N–H and O–H groups in total. The van der Waals surface area contributed by atoms with Crippen LogP contribution in [-0.2, 0) is 9.53 Å². The van der Waals surface area contributed by atoms with Gasteiger partial charge < -0.3 is 19.9 Å². The molecule has 0 radical (unpaired) electrons. The number of benzene rings is 1. The van der Waals surface area contributed by atoms with Crippen molar-refractivity contribution >= 4 is 23.2 Å². The molecule has 2 fully saturated rings. The fraction of sp³-hybridized carbons (Fsp3) is 0.542. The molecule has 1 aliphatic carbocycles. The topological polar surface area (TPSA) is 70.6 Å². The molecule has 31 heavy (non-hydrogen) atoms. The van der Waals surface area contributed by atoms with Crippen LogP contribution in [0.3, 0.4) is 0 Å². The summed E-state index contributed by atoms with van der Waals surface area (Å²) in [4.78, 5) is 26.3. The van der Waals surface area contributed by atoms with Gasteiger partial charge in [-0.1, -0.05) is 6.92 Å². The summed E-state index contributed by atoms with van der Waals surface area (Å²) in [6, 6.07) is 8.68. The molecule has 1 aromatic heterocycles. The van der Waals surface area contributed by atoms with Crippen molar-refractivity contribution in [2.45, 2.75) is 45.7 Å². The lowest BCUT2D eigenvalue weighted by Gasteiger charge is -2.46. The molecule has 1 saturated carbocycles. The third-order valence-electron chi connectivity index (χ3n) is 6.87. The minimum Gasteiger partial charge on any atom is -0.378 e. The molecule has 7 nitrogen and oxygen atoms in total. The zero-order chi connectivity index (χ0) is 21.5. The van der Waals surface area contributed by atoms with Gasteiger partial charge in [0.05, 0.1) is 19.3 Å². The minimum atomic E-state index is 0.0407. The summed E-state index contributed by atoms with van der Waals surface area (Å²) in [6.45, 7) is 9.19. The molecule has 3 aliphatic rings. The number of nitrogens with zero attached hydrogens (tertiary/aromatic N) is 4. The van der Waals surface area contributed by atoms with Crippen LogP contribution in [0.5, 0.6) is 0 Å². The second-order valence-electron chi connectivity index (χ2n) is 9.06. The van der Waals surface area contributed by atoms with Gasteiger partial charge in [-0.3, -0.25) is 4.79 Å². The molecule has 1 amide bonds. The maximum atomic E-state index is 12.8. The highest BCUT2D eigenvalue weighted by Crippen LogP contribution is 2.50. The number of rotatable bonds is 4. The average molecular weight is 422 g/mol. The summed E-state index contributed by atoms with van der Waals surface area (Å²) in [5.41, 5.74) is 4.28. The number of hydrogen-bond donors (Lipinski definition) is 1. The van der Waals surface area contributed by atoms with E-state index in [-0.39, 0.29) is 23.9 Å². The van der Waals surface area contributed by atoms with Crippen LogP contribution in [0.2, 0.25) is 0 Å². The van der Waals surface area contributed by atoms with Crippen LogP contribution in [0.25, 0.3) is 0 Å². The summed E-state index contributed by atoms with van der Waals surface area (Å²) >= 11 is 0. The molecule has 0 bridgehead atoms. The smallest absolute Gasteiger partial charge is 0.224 e. The van der Waals surface area contributed by atoms with Gasteiger partial charge in [0, 0.05) is 60.8 Å². The summed E-state index contributed by atoms with van der Waals surface area (Å²) in [7, 11) is 0. The van der Waals surface area contributed by atoms with Crippen LogP contribution in [-0.4, -0.2) is 48.2 Å². The number of aromatic nitrogens is 2. The Morgan fingerprint density at radius 2 is 1.97 bits per heavy atom. The van der Waals surface area contributed by atoms with E-state index in [9.17, 15) is 4.79 Å². The van der Waals surface area contributed by atoms with Gasteiger partial charge in [-0.05, 0) is 49.9 Å². The molecule has 1 saturated heterocycles. The monoisotopic (exact) mass is 421 g/mol. The minimum absolute atomic E-state index is 0.0407. The van der Waals surface area contributed by atoms with Gasteiger partial charge in [0.1, 0.15) is 0 Å². The van der Waals surface area contributed by atoms with E-state index >= 15 is 0 Å². The van der Waals surface area contributed by atoms with Crippen molar-refractivity contribution < 1.29 is 9.53 Å². The Hall–Kier alpha value is -2.67. The number of carbonyl (C=O) groups is 1. The Kier molecular flexibility index (Phi) is 5.30. The normalized spacial score (nSPS) is 25.8. The first kappa shape index (κ1) is 20.2. The lowest BCUT2D eigenvalue weighted by atomic mass is 9.79. The summed E-state index contributed by atoms with van der Waals surface area (Å²) in [6.07, 6.45) is 4.17. The third-order valence-corrected chi connectivity index (χ3v) is 6.87. The SMILES string of the molecule is CC(=O)N1c2ccc(N3CCOCC3)cc2[C@H](Nc2nccc(C)n2)C(C)[C@@H]1C1CC1. The highest BCUT2D eigenvalue weighted by atomic mass is 16.5. The van der Waals surface area contributed by atoms with Gasteiger partial charge in [0.2, 0.25) is 11.9 Å². The van der Waals surface area contributed by atoms with Crippen molar-refractivity contribution in [1.82, 2.24) is 9.97 Å². The van der Waals surface area contributed by atoms with E-state index < -0.39 is 0 Å². The maximum Gasteiger partial charge on any atom is 0.224 e. The van der Waals surface area contributed by atoms with E-state index in [4.69, 9.17) is 4.74 Å². The Balaban J connectivity index is 1.58. The molecule has 1 unspecified atom stereocenters. The van der Waals surface area contributed by atoms with Gasteiger partial charge in [0.15, 0.2) is 0 Å². The third kappa shape index (κ3) is 3.87. The van der Waals surface area contributed by atoms with Crippen LogP contribution in [0, 0.1) is 18.8 Å². The molecule has 3 heterocycles. The summed E-state index contributed by atoms with van der Waals surface area (Å²) in [5, 5.41) is 3.63. The number of morpholine rings is 1. The van der Waals surface area contributed by atoms with Gasteiger partial charge in [-0.25, -0.2) is 9.97 Å². The standard InChI is InChI=1S/C24H31N5O2/c1-15-8-9-25-24(26-15)27-22-16(2)23(18-4-5-18)29(17(3)30)21-7-6-19(14-20(21)22)28-10-12-31-13-11-28/h6-9,14,16,18,22-23H,4-5,10-13H2,1-3H3,(H,25,26,27)/t16?,22-,23-/m1/s1. The van der Waals surface area contributed by atoms with E-state index in [0.29, 0.717) is 11.9 Å². The van der Waals surface area contributed by atoms with E-state index in [1.54, 1.807) is 13.1 Å². The van der Waals surface area contributed by atoms with E-state index in [2.05, 4.69) is 50.2 Å². The predicted molar refractivity (Wildman–Crippen MR) is 121 cm³/mol. The maximum absolute atomic E-state index is 12.8. The van der Waals surface area contributed by atoms with Crippen LogP contribution in [0.15, 0.2) is 30.5 Å². The number of hydrogen-bond acceptors (Lipinski definition) is 6. The van der Waals surface area contributed by atoms with Gasteiger partial charge in [0.25, 0.3) is 0 Å². The highest BCUT2D eigenvalue weighted by Gasteiger charge is 2.47. The lowest BCUT2D eigenvalue weighted by molar-refractivity contribution is -0.117. The van der Waals surface area contributed by atoms with Crippen LogP contribution < -0.4 is 15.1 Å². The van der Waals surface area contributed by atoms with E-state index in [1.807, 2.05) is 13.0 Å². The largest absolute Gasteiger partial charge is 0.378 e. The molecule has 2 aliphatic heterocycles. The fourth-order valence-corrected chi connectivity index (χ4v) is 5.23. The Morgan fingerprint density at radius 1 is 1.19 bits per heavy atom. The lowest BCUT2D eigenvalue weighted by Crippen LogP contribution is -2.51. The van der Waals surface area contributed by atoms with Gasteiger partial charge >= 0.3 is 0 Å². The van der Waals surface area contributed by atoms with Crippen molar-refractivity contribution in [3.05, 3.63) is 41.7 Å². The van der Waals surface area contributed by atoms with Crippen molar-refractivity contribution in [3.63, 3.8) is 0 Å². The first-order valence-corrected chi connectivity index (χ1v) is 11.4. The molecule has 3 atom stereocenters. The summed E-state index contributed by atoms with van der Waals surface area (Å²) < 4.78 is 5.53. The van der Waals surface area contributed by atoms with Crippen molar-refractivity contribution in [2.24, 2.45) is 11.8 Å². The number of aryl methyl sites for hydroxylation is 1. The number of ether oxygens (including phenoxy) is 1. The van der Waals surface area contributed by atoms with Gasteiger partial charge in [-0.2, -0.15) is 0 Å². The first-order chi connectivity index (χ1) is 15.0. The van der Waals surface area contributed by atoms with Crippen LogP contribution in [0.1, 0.15) is 44.0 Å². The molecule has 2 aromatic rings. The highest BCUT2D eigenvalue weighted by molar-refractivity contribution is 5.94. The fourth-order valence-electron chi connectivity index (χ4n) is 5.23. The molecule has 5 rings (SSSR count). The van der Waals surface area contributed by atoms with Crippen molar-refractivity contribution in [3.8, 4) is 0 Å². The summed E-state index contributed by atoms with van der Waals surface area (Å²) in [5.74, 6) is 1.57. The molecule has 1 aromatic carbocycles.